The van der Waals surface area contributed by atoms with Crippen molar-refractivity contribution in [2.24, 2.45) is 7.05 Å². The van der Waals surface area contributed by atoms with E-state index >= 15 is 0 Å². The number of carbonyl (C=O) groups excluding carboxylic acids is 3. The Morgan fingerprint density at radius 1 is 1.27 bits per heavy atom. The number of halogens is 5. The molecule has 12 heteroatoms. The largest absolute Gasteiger partial charge is 0.408 e. The van der Waals surface area contributed by atoms with Gasteiger partial charge in [-0.05, 0) is 38.0 Å². The van der Waals surface area contributed by atoms with Gasteiger partial charge in [0.05, 0.1) is 16.1 Å². The fraction of sp³-hybridized carbons (Fsp3) is 0.333. The fourth-order valence-electron chi connectivity index (χ4n) is 3.31. The van der Waals surface area contributed by atoms with Crippen molar-refractivity contribution in [1.82, 2.24) is 9.88 Å². The van der Waals surface area contributed by atoms with Crippen LogP contribution in [0.2, 0.25) is 5.02 Å². The summed E-state index contributed by atoms with van der Waals surface area (Å²) < 4.78 is 53.2. The second kappa shape index (κ2) is 8.86. The monoisotopic (exact) mass is 484 g/mol. The van der Waals surface area contributed by atoms with Gasteiger partial charge in [0.2, 0.25) is 0 Å². The van der Waals surface area contributed by atoms with Crippen molar-refractivity contribution in [3.63, 3.8) is 0 Å². The van der Waals surface area contributed by atoms with Crippen LogP contribution in [0.5, 0.6) is 0 Å². The van der Waals surface area contributed by atoms with Gasteiger partial charge in [-0.3, -0.25) is 14.4 Å². The summed E-state index contributed by atoms with van der Waals surface area (Å²) in [5.41, 5.74) is -0.512. The van der Waals surface area contributed by atoms with Gasteiger partial charge < -0.3 is 15.2 Å². The van der Waals surface area contributed by atoms with Crippen molar-refractivity contribution in [1.29, 1.82) is 5.26 Å². The molecule has 0 spiro atoms. The van der Waals surface area contributed by atoms with Crippen LogP contribution in [-0.4, -0.2) is 34.4 Å². The molecule has 1 atom stereocenters. The zero-order valence-electron chi connectivity index (χ0n) is 17.3. The highest BCUT2D eigenvalue weighted by Crippen LogP contribution is 2.45. The molecule has 1 aromatic heterocycles. The molecule has 2 aromatic rings. The second-order valence-electron chi connectivity index (χ2n) is 7.58. The average molecular weight is 485 g/mol. The number of alkyl halides is 3. The minimum Gasteiger partial charge on any atom is -0.341 e. The Morgan fingerprint density at radius 3 is 2.45 bits per heavy atom. The molecule has 1 unspecified atom stereocenters. The summed E-state index contributed by atoms with van der Waals surface area (Å²) in [4.78, 5) is 37.9. The van der Waals surface area contributed by atoms with Crippen LogP contribution in [0, 0.1) is 17.1 Å². The molecule has 1 aliphatic carbocycles. The zero-order valence-corrected chi connectivity index (χ0v) is 18.1. The summed E-state index contributed by atoms with van der Waals surface area (Å²) in [6.07, 6.45) is -3.47. The molecule has 1 heterocycles. The molecule has 1 fully saturated rings. The molecule has 174 valence electrons. The van der Waals surface area contributed by atoms with Crippen molar-refractivity contribution in [3.8, 4) is 6.07 Å². The Bertz CT molecular complexity index is 1200. The van der Waals surface area contributed by atoms with Crippen LogP contribution in [0.15, 0.2) is 18.2 Å². The number of anilines is 1. The number of nitriles is 1. The van der Waals surface area contributed by atoms with Crippen LogP contribution in [0.3, 0.4) is 0 Å². The summed E-state index contributed by atoms with van der Waals surface area (Å²) in [6.45, 7) is 0.691. The highest BCUT2D eigenvalue weighted by Gasteiger charge is 2.41. The molecule has 1 aromatic carbocycles. The third-order valence-corrected chi connectivity index (χ3v) is 5.54. The highest BCUT2D eigenvalue weighted by atomic mass is 35.5. The minimum atomic E-state index is -4.75. The Balaban J connectivity index is 1.96. The lowest BCUT2D eigenvalue weighted by Gasteiger charge is -2.16. The van der Waals surface area contributed by atoms with Crippen LogP contribution >= 0.6 is 11.6 Å². The summed E-state index contributed by atoms with van der Waals surface area (Å²) in [5.74, 6) is -4.59. The van der Waals surface area contributed by atoms with E-state index in [1.165, 1.54) is 17.7 Å². The van der Waals surface area contributed by atoms with E-state index in [0.717, 1.165) is 12.1 Å². The van der Waals surface area contributed by atoms with Crippen molar-refractivity contribution in [2.75, 3.05) is 5.32 Å². The van der Waals surface area contributed by atoms with Crippen LogP contribution in [-0.2, 0) is 11.8 Å². The van der Waals surface area contributed by atoms with Crippen LogP contribution < -0.4 is 10.6 Å². The number of aromatic nitrogens is 1. The van der Waals surface area contributed by atoms with Gasteiger partial charge in [-0.1, -0.05) is 11.6 Å². The number of nitrogens with zero attached hydrogens (tertiary/aromatic N) is 2. The Labute approximate surface area is 190 Å². The highest BCUT2D eigenvalue weighted by molar-refractivity contribution is 6.48. The van der Waals surface area contributed by atoms with Crippen molar-refractivity contribution < 1.29 is 31.9 Å². The SMILES string of the molecule is CC(NC(=O)C(=O)c1c(Cl)c(C(=O)Nc2ccc(F)c(C#N)c2)n(C)c1C1CC1)C(F)(F)F. The maximum absolute atomic E-state index is 13.5. The van der Waals surface area contributed by atoms with E-state index in [0.29, 0.717) is 19.8 Å². The molecule has 7 nitrogen and oxygen atoms in total. The Morgan fingerprint density at radius 2 is 1.91 bits per heavy atom. The quantitative estimate of drug-likeness (QED) is 0.366. The molecule has 3 rings (SSSR count). The standard InChI is InChI=1S/C21H17ClF4N4O3/c1-9(21(24,25)26)28-20(33)18(31)14-15(22)17(30(2)16(14)10-3-4-10)19(32)29-12-5-6-13(23)11(7-12)8-27/h5-7,9-10H,3-4H2,1-2H3,(H,28,33)(H,29,32). The van der Waals surface area contributed by atoms with Gasteiger partial charge in [-0.2, -0.15) is 18.4 Å². The predicted octanol–water partition coefficient (Wildman–Crippen LogP) is 4.07. The third-order valence-electron chi connectivity index (χ3n) is 5.18. The minimum absolute atomic E-state index is 0.0767. The van der Waals surface area contributed by atoms with Crippen molar-refractivity contribution in [3.05, 3.63) is 51.6 Å². The number of hydrogen-bond donors (Lipinski definition) is 2. The van der Waals surface area contributed by atoms with E-state index in [1.54, 1.807) is 11.4 Å². The molecule has 0 aliphatic heterocycles. The first-order chi connectivity index (χ1) is 15.4. The van der Waals surface area contributed by atoms with E-state index in [4.69, 9.17) is 16.9 Å². The number of amides is 2. The van der Waals surface area contributed by atoms with Crippen LogP contribution in [0.4, 0.5) is 23.2 Å². The average Bonchev–Trinajstić information content (AvgIpc) is 3.52. The summed E-state index contributed by atoms with van der Waals surface area (Å²) >= 11 is 6.30. The lowest BCUT2D eigenvalue weighted by Crippen LogP contribution is -2.45. The normalized spacial score (nSPS) is 14.4. The van der Waals surface area contributed by atoms with E-state index in [9.17, 15) is 31.9 Å². The number of hydrogen-bond acceptors (Lipinski definition) is 4. The molecule has 1 saturated carbocycles. The molecule has 1 aliphatic rings. The van der Waals surface area contributed by atoms with Crippen molar-refractivity contribution >= 4 is 34.9 Å². The van der Waals surface area contributed by atoms with Crippen molar-refractivity contribution in [2.45, 2.75) is 37.9 Å². The fourth-order valence-corrected chi connectivity index (χ4v) is 3.70. The molecule has 33 heavy (non-hydrogen) atoms. The molecule has 0 bridgehead atoms. The first-order valence-corrected chi connectivity index (χ1v) is 10.1. The topological polar surface area (TPSA) is 104 Å². The Kier molecular flexibility index (Phi) is 6.51. The summed E-state index contributed by atoms with van der Waals surface area (Å²) in [6, 6.07) is 2.67. The van der Waals surface area contributed by atoms with E-state index < -0.39 is 35.6 Å². The first kappa shape index (κ1) is 24.3. The zero-order chi connectivity index (χ0) is 24.7. The predicted molar refractivity (Wildman–Crippen MR) is 109 cm³/mol. The second-order valence-corrected chi connectivity index (χ2v) is 7.96. The van der Waals surface area contributed by atoms with Gasteiger partial charge in [-0.15, -0.1) is 0 Å². The lowest BCUT2D eigenvalue weighted by atomic mass is 10.1. The van der Waals surface area contributed by atoms with Gasteiger partial charge in [0.25, 0.3) is 17.6 Å². The molecule has 2 N–H and O–H groups in total. The number of benzene rings is 1. The maximum atomic E-state index is 13.5. The first-order valence-electron chi connectivity index (χ1n) is 9.67. The van der Waals surface area contributed by atoms with Gasteiger partial charge in [0.1, 0.15) is 23.6 Å². The van der Waals surface area contributed by atoms with E-state index in [1.807, 2.05) is 0 Å². The van der Waals surface area contributed by atoms with E-state index in [-0.39, 0.29) is 39.1 Å². The molecule has 0 saturated heterocycles. The number of carbonyl (C=O) groups is 3. The number of Topliss-reactive ketones (excluding diaryl/α,β-unsaturated/α-hetero) is 1. The molecular formula is C21H17ClF4N4O3. The third kappa shape index (κ3) is 4.85. The molecular weight excluding hydrogens is 468 g/mol. The van der Waals surface area contributed by atoms with Gasteiger partial charge in [-0.25, -0.2) is 4.39 Å². The van der Waals surface area contributed by atoms with Crippen LogP contribution in [0.25, 0.3) is 0 Å². The number of rotatable bonds is 6. The summed E-state index contributed by atoms with van der Waals surface area (Å²) in [5, 5.41) is 12.6. The van der Waals surface area contributed by atoms with Crippen LogP contribution in [0.1, 0.15) is 57.8 Å². The maximum Gasteiger partial charge on any atom is 0.408 e. The Hall–Kier alpha value is -3.39. The molecule has 0 radical (unpaired) electrons. The number of ketones is 1. The summed E-state index contributed by atoms with van der Waals surface area (Å²) in [7, 11) is 1.44. The number of nitrogens with one attached hydrogen (secondary N) is 2. The smallest absolute Gasteiger partial charge is 0.341 e. The van der Waals surface area contributed by atoms with Gasteiger partial charge in [0.15, 0.2) is 0 Å². The van der Waals surface area contributed by atoms with E-state index in [2.05, 4.69) is 5.32 Å². The van der Waals surface area contributed by atoms with Gasteiger partial charge in [0, 0.05) is 24.3 Å². The van der Waals surface area contributed by atoms with Gasteiger partial charge >= 0.3 is 6.18 Å². The lowest BCUT2D eigenvalue weighted by molar-refractivity contribution is -0.156. The molecule has 2 amide bonds.